The molecule has 2 rings (SSSR count). The van der Waals surface area contributed by atoms with Gasteiger partial charge in [-0.3, -0.25) is 0 Å². The Hall–Kier alpha value is -1.57. The molecule has 1 aliphatic rings. The Morgan fingerprint density at radius 1 is 1.36 bits per heavy atom. The minimum Gasteiger partial charge on any atom is -0.478 e. The van der Waals surface area contributed by atoms with Crippen LogP contribution in [-0.4, -0.2) is 12.5 Å². The van der Waals surface area contributed by atoms with Gasteiger partial charge in [0.05, 0.1) is 12.6 Å². The molecule has 2 heteroatoms. The lowest BCUT2D eigenvalue weighted by molar-refractivity contribution is 0.263. The Labute approximate surface area is 83.9 Å². The van der Waals surface area contributed by atoms with Gasteiger partial charge in [-0.1, -0.05) is 36.9 Å². The molecule has 14 heavy (non-hydrogen) atoms. The van der Waals surface area contributed by atoms with Gasteiger partial charge in [-0.2, -0.15) is 0 Å². The second-order valence-corrected chi connectivity index (χ2v) is 3.24. The molecule has 1 atom stereocenters. The molecular weight excluding hydrogens is 174 g/mol. The zero-order valence-electron chi connectivity index (χ0n) is 8.02. The summed E-state index contributed by atoms with van der Waals surface area (Å²) in [6.45, 7) is 4.38. The molecular formula is C12H13NO. The molecule has 0 aliphatic carbocycles. The van der Waals surface area contributed by atoms with E-state index < -0.39 is 0 Å². The summed E-state index contributed by atoms with van der Waals surface area (Å²) < 4.78 is 5.31. The van der Waals surface area contributed by atoms with E-state index in [1.54, 1.807) is 6.08 Å². The van der Waals surface area contributed by atoms with Gasteiger partial charge in [0.1, 0.15) is 0 Å². The zero-order valence-corrected chi connectivity index (χ0v) is 8.02. The molecule has 0 radical (unpaired) electrons. The van der Waals surface area contributed by atoms with Crippen LogP contribution in [0.1, 0.15) is 18.0 Å². The molecule has 1 heterocycles. The van der Waals surface area contributed by atoms with Crippen molar-refractivity contribution in [1.29, 1.82) is 0 Å². The molecule has 0 fully saturated rings. The van der Waals surface area contributed by atoms with Gasteiger partial charge in [0, 0.05) is 6.42 Å². The fourth-order valence-corrected chi connectivity index (χ4v) is 1.56. The number of hydrogen-bond donors (Lipinski definition) is 0. The first-order chi connectivity index (χ1) is 6.90. The van der Waals surface area contributed by atoms with E-state index in [-0.39, 0.29) is 6.04 Å². The lowest BCUT2D eigenvalue weighted by atomic mass is 10.0. The van der Waals surface area contributed by atoms with E-state index in [0.717, 1.165) is 13.0 Å². The summed E-state index contributed by atoms with van der Waals surface area (Å²) in [5, 5.41) is 0. The average molecular weight is 187 g/mol. The van der Waals surface area contributed by atoms with Crippen molar-refractivity contribution in [3.05, 3.63) is 48.6 Å². The third kappa shape index (κ3) is 1.84. The first-order valence-corrected chi connectivity index (χ1v) is 4.78. The van der Waals surface area contributed by atoms with Crippen LogP contribution in [0, 0.1) is 0 Å². The molecule has 0 amide bonds. The van der Waals surface area contributed by atoms with E-state index in [1.165, 1.54) is 5.56 Å². The Kier molecular flexibility index (Phi) is 2.63. The summed E-state index contributed by atoms with van der Waals surface area (Å²) in [6, 6.07) is 10.5. The van der Waals surface area contributed by atoms with E-state index >= 15 is 0 Å². The summed E-state index contributed by atoms with van der Waals surface area (Å²) in [7, 11) is 0. The van der Waals surface area contributed by atoms with Crippen LogP contribution in [0.2, 0.25) is 0 Å². The van der Waals surface area contributed by atoms with Crippen molar-refractivity contribution in [2.24, 2.45) is 4.99 Å². The first kappa shape index (κ1) is 9.00. The average Bonchev–Trinajstić information content (AvgIpc) is 2.30. The summed E-state index contributed by atoms with van der Waals surface area (Å²) >= 11 is 0. The van der Waals surface area contributed by atoms with Crippen molar-refractivity contribution in [3.63, 3.8) is 0 Å². The molecule has 0 N–H and O–H groups in total. The van der Waals surface area contributed by atoms with Gasteiger partial charge in [-0.15, -0.1) is 0 Å². The molecule has 1 unspecified atom stereocenters. The monoisotopic (exact) mass is 187 g/mol. The minimum absolute atomic E-state index is 0.234. The Morgan fingerprint density at radius 3 is 2.86 bits per heavy atom. The van der Waals surface area contributed by atoms with Crippen molar-refractivity contribution in [2.45, 2.75) is 12.5 Å². The highest BCUT2D eigenvalue weighted by Gasteiger charge is 2.15. The summed E-state index contributed by atoms with van der Waals surface area (Å²) in [5.74, 6) is 0.658. The fraction of sp³-hybridized carbons (Fsp3) is 0.250. The topological polar surface area (TPSA) is 21.6 Å². The van der Waals surface area contributed by atoms with Crippen LogP contribution in [0.25, 0.3) is 0 Å². The summed E-state index contributed by atoms with van der Waals surface area (Å²) in [6.07, 6.45) is 2.61. The lowest BCUT2D eigenvalue weighted by Crippen LogP contribution is -2.14. The highest BCUT2D eigenvalue weighted by molar-refractivity contribution is 5.87. The smallest absolute Gasteiger partial charge is 0.208 e. The van der Waals surface area contributed by atoms with Crippen LogP contribution in [0.3, 0.4) is 0 Å². The van der Waals surface area contributed by atoms with E-state index in [2.05, 4.69) is 23.7 Å². The molecule has 0 saturated carbocycles. The van der Waals surface area contributed by atoms with Crippen LogP contribution in [0.4, 0.5) is 0 Å². The van der Waals surface area contributed by atoms with Gasteiger partial charge in [0.15, 0.2) is 0 Å². The first-order valence-electron chi connectivity index (χ1n) is 4.78. The molecule has 72 valence electrons. The van der Waals surface area contributed by atoms with E-state index in [4.69, 9.17) is 4.74 Å². The molecule has 0 spiro atoms. The van der Waals surface area contributed by atoms with E-state index in [0.29, 0.717) is 5.90 Å². The molecule has 0 bridgehead atoms. The highest BCUT2D eigenvalue weighted by atomic mass is 16.5. The largest absolute Gasteiger partial charge is 0.478 e. The number of hydrogen-bond acceptors (Lipinski definition) is 2. The maximum Gasteiger partial charge on any atom is 0.208 e. The van der Waals surface area contributed by atoms with Crippen molar-refractivity contribution >= 4 is 5.90 Å². The number of rotatable bonds is 2. The highest BCUT2D eigenvalue weighted by Crippen LogP contribution is 2.24. The van der Waals surface area contributed by atoms with Gasteiger partial charge in [0.25, 0.3) is 0 Å². The van der Waals surface area contributed by atoms with Crippen LogP contribution in [0.5, 0.6) is 0 Å². The number of aliphatic imine (C=N–C) groups is 1. The predicted molar refractivity (Wildman–Crippen MR) is 57.4 cm³/mol. The Bertz CT molecular complexity index is 343. The maximum absolute atomic E-state index is 5.31. The number of benzene rings is 1. The number of nitrogens with zero attached hydrogens (tertiary/aromatic N) is 1. The third-order valence-electron chi connectivity index (χ3n) is 2.28. The normalized spacial score (nSPS) is 20.9. The summed E-state index contributed by atoms with van der Waals surface area (Å²) in [4.78, 5) is 4.45. The fourth-order valence-electron chi connectivity index (χ4n) is 1.56. The van der Waals surface area contributed by atoms with Crippen LogP contribution >= 0.6 is 0 Å². The van der Waals surface area contributed by atoms with Crippen LogP contribution < -0.4 is 0 Å². The van der Waals surface area contributed by atoms with Crippen LogP contribution in [-0.2, 0) is 4.74 Å². The number of ether oxygens (including phenoxy) is 1. The van der Waals surface area contributed by atoms with Gasteiger partial charge in [-0.05, 0) is 11.6 Å². The zero-order chi connectivity index (χ0) is 9.80. The summed E-state index contributed by atoms with van der Waals surface area (Å²) in [5.41, 5.74) is 1.25. The Morgan fingerprint density at radius 2 is 2.14 bits per heavy atom. The molecule has 0 aromatic heterocycles. The standard InChI is InChI=1S/C12H13NO/c1-2-12-13-11(8-9-14-12)10-6-4-3-5-7-10/h2-7,11H,1,8-9H2. The third-order valence-corrected chi connectivity index (χ3v) is 2.28. The van der Waals surface area contributed by atoms with Crippen molar-refractivity contribution in [2.75, 3.05) is 6.61 Å². The lowest BCUT2D eigenvalue weighted by Gasteiger charge is -2.19. The van der Waals surface area contributed by atoms with E-state index in [1.807, 2.05) is 18.2 Å². The second kappa shape index (κ2) is 4.09. The molecule has 1 aliphatic heterocycles. The molecule has 1 aromatic carbocycles. The predicted octanol–water partition coefficient (Wildman–Crippen LogP) is 2.73. The Balaban J connectivity index is 2.23. The maximum atomic E-state index is 5.31. The molecule has 2 nitrogen and oxygen atoms in total. The van der Waals surface area contributed by atoms with Gasteiger partial charge < -0.3 is 4.74 Å². The van der Waals surface area contributed by atoms with Gasteiger partial charge >= 0.3 is 0 Å². The van der Waals surface area contributed by atoms with Crippen molar-refractivity contribution < 1.29 is 4.74 Å². The second-order valence-electron chi connectivity index (χ2n) is 3.24. The minimum atomic E-state index is 0.234. The molecule has 1 aromatic rings. The van der Waals surface area contributed by atoms with Crippen molar-refractivity contribution in [1.82, 2.24) is 0 Å². The van der Waals surface area contributed by atoms with E-state index in [9.17, 15) is 0 Å². The van der Waals surface area contributed by atoms with Crippen molar-refractivity contribution in [3.8, 4) is 0 Å². The quantitative estimate of drug-likeness (QED) is 0.697. The van der Waals surface area contributed by atoms with Gasteiger partial charge in [0.2, 0.25) is 5.90 Å². The van der Waals surface area contributed by atoms with Crippen LogP contribution in [0.15, 0.2) is 48.0 Å². The van der Waals surface area contributed by atoms with Gasteiger partial charge in [-0.25, -0.2) is 4.99 Å². The SMILES string of the molecule is C=CC1=NC(c2ccccc2)CCO1. The molecule has 0 saturated heterocycles.